The molecule has 6 nitrogen and oxygen atoms in total. The standard InChI is InChI=1S/C15H22N2O4/c1-16-14(15(18)19)10-4-5-17(9-10)11-6-12(20-2)8-13(7-11)21-3/h6-8,10,14,16H,4-5,9H2,1-3H3,(H,18,19). The molecule has 2 unspecified atom stereocenters. The van der Waals surface area contributed by atoms with E-state index in [0.29, 0.717) is 6.54 Å². The number of carbonyl (C=O) groups is 1. The van der Waals surface area contributed by atoms with Crippen LogP contribution in [0.2, 0.25) is 0 Å². The molecule has 1 heterocycles. The molecule has 1 aliphatic rings. The third-order valence-electron chi connectivity index (χ3n) is 3.97. The number of carboxylic acid groups (broad SMARTS) is 1. The zero-order chi connectivity index (χ0) is 15.4. The van der Waals surface area contributed by atoms with Gasteiger partial charge in [0.15, 0.2) is 0 Å². The molecule has 0 aromatic heterocycles. The molecule has 21 heavy (non-hydrogen) atoms. The number of ether oxygens (including phenoxy) is 2. The maximum absolute atomic E-state index is 11.2. The molecule has 6 heteroatoms. The third-order valence-corrected chi connectivity index (χ3v) is 3.97. The second-order valence-electron chi connectivity index (χ2n) is 5.17. The summed E-state index contributed by atoms with van der Waals surface area (Å²) in [4.78, 5) is 13.4. The molecule has 0 amide bonds. The van der Waals surface area contributed by atoms with Crippen molar-refractivity contribution in [2.75, 3.05) is 39.3 Å². The van der Waals surface area contributed by atoms with E-state index < -0.39 is 12.0 Å². The van der Waals surface area contributed by atoms with Gasteiger partial charge in [-0.25, -0.2) is 0 Å². The van der Waals surface area contributed by atoms with Crippen LogP contribution in [0.5, 0.6) is 11.5 Å². The van der Waals surface area contributed by atoms with E-state index in [1.165, 1.54) is 0 Å². The zero-order valence-electron chi connectivity index (χ0n) is 12.6. The fraction of sp³-hybridized carbons (Fsp3) is 0.533. The molecule has 0 spiro atoms. The quantitative estimate of drug-likeness (QED) is 0.821. The molecule has 1 aliphatic heterocycles. The van der Waals surface area contributed by atoms with Crippen molar-refractivity contribution in [3.8, 4) is 11.5 Å². The molecule has 0 bridgehead atoms. The number of rotatable bonds is 6. The minimum atomic E-state index is -0.799. The van der Waals surface area contributed by atoms with Crippen LogP contribution in [-0.4, -0.2) is 51.5 Å². The van der Waals surface area contributed by atoms with Crippen molar-refractivity contribution in [2.45, 2.75) is 12.5 Å². The Hall–Kier alpha value is -1.95. The normalized spacial score (nSPS) is 19.4. The molecule has 2 atom stereocenters. The van der Waals surface area contributed by atoms with Crippen LogP contribution >= 0.6 is 0 Å². The molecule has 0 saturated carbocycles. The number of nitrogens with zero attached hydrogens (tertiary/aromatic N) is 1. The van der Waals surface area contributed by atoms with Gasteiger partial charge in [-0.15, -0.1) is 0 Å². The number of aliphatic carboxylic acids is 1. The fourth-order valence-electron chi connectivity index (χ4n) is 2.83. The Morgan fingerprint density at radius 1 is 1.33 bits per heavy atom. The number of nitrogens with one attached hydrogen (secondary N) is 1. The van der Waals surface area contributed by atoms with E-state index in [2.05, 4.69) is 10.2 Å². The Kier molecular flexibility index (Phi) is 4.90. The van der Waals surface area contributed by atoms with Crippen LogP contribution in [0.4, 0.5) is 5.69 Å². The van der Waals surface area contributed by atoms with Crippen molar-refractivity contribution in [2.24, 2.45) is 5.92 Å². The first-order valence-corrected chi connectivity index (χ1v) is 6.97. The van der Waals surface area contributed by atoms with Crippen molar-refractivity contribution < 1.29 is 19.4 Å². The number of carboxylic acids is 1. The van der Waals surface area contributed by atoms with Crippen LogP contribution in [-0.2, 0) is 4.79 Å². The van der Waals surface area contributed by atoms with Crippen molar-refractivity contribution in [3.63, 3.8) is 0 Å². The zero-order valence-corrected chi connectivity index (χ0v) is 12.6. The molecule has 116 valence electrons. The van der Waals surface area contributed by atoms with Gasteiger partial charge in [-0.1, -0.05) is 0 Å². The van der Waals surface area contributed by atoms with Gasteiger partial charge in [0.1, 0.15) is 17.5 Å². The number of methoxy groups -OCH3 is 2. The monoisotopic (exact) mass is 294 g/mol. The average molecular weight is 294 g/mol. The van der Waals surface area contributed by atoms with E-state index in [-0.39, 0.29) is 5.92 Å². The summed E-state index contributed by atoms with van der Waals surface area (Å²) in [6.45, 7) is 1.53. The Balaban J connectivity index is 2.15. The van der Waals surface area contributed by atoms with Gasteiger partial charge in [0.25, 0.3) is 0 Å². The number of likely N-dealkylation sites (N-methyl/N-ethyl adjacent to an activating group) is 1. The molecule has 1 aromatic carbocycles. The summed E-state index contributed by atoms with van der Waals surface area (Å²) < 4.78 is 10.6. The van der Waals surface area contributed by atoms with Gasteiger partial charge in [-0.2, -0.15) is 0 Å². The molecule has 0 radical (unpaired) electrons. The second-order valence-corrected chi connectivity index (χ2v) is 5.17. The van der Waals surface area contributed by atoms with Crippen LogP contribution in [0.15, 0.2) is 18.2 Å². The predicted molar refractivity (Wildman–Crippen MR) is 80.3 cm³/mol. The molecule has 1 fully saturated rings. The maximum atomic E-state index is 11.2. The topological polar surface area (TPSA) is 71.0 Å². The first-order valence-electron chi connectivity index (χ1n) is 6.97. The first kappa shape index (κ1) is 15.4. The van der Waals surface area contributed by atoms with Crippen molar-refractivity contribution >= 4 is 11.7 Å². The van der Waals surface area contributed by atoms with E-state index >= 15 is 0 Å². The molecule has 1 saturated heterocycles. The van der Waals surface area contributed by atoms with E-state index in [0.717, 1.165) is 30.2 Å². The van der Waals surface area contributed by atoms with Crippen LogP contribution < -0.4 is 19.7 Å². The lowest BCUT2D eigenvalue weighted by Gasteiger charge is -2.22. The lowest BCUT2D eigenvalue weighted by atomic mass is 9.99. The minimum absolute atomic E-state index is 0.0877. The number of hydrogen-bond donors (Lipinski definition) is 2. The van der Waals surface area contributed by atoms with Gasteiger partial charge in [0.2, 0.25) is 0 Å². The van der Waals surface area contributed by atoms with E-state index in [1.807, 2.05) is 18.2 Å². The fourth-order valence-corrected chi connectivity index (χ4v) is 2.83. The van der Waals surface area contributed by atoms with Crippen molar-refractivity contribution in [1.29, 1.82) is 0 Å². The lowest BCUT2D eigenvalue weighted by Crippen LogP contribution is -2.42. The third kappa shape index (κ3) is 3.39. The van der Waals surface area contributed by atoms with Gasteiger partial charge in [-0.3, -0.25) is 4.79 Å². The summed E-state index contributed by atoms with van der Waals surface area (Å²) in [6.07, 6.45) is 0.845. The highest BCUT2D eigenvalue weighted by atomic mass is 16.5. The molecule has 0 aliphatic carbocycles. The van der Waals surface area contributed by atoms with E-state index in [1.54, 1.807) is 21.3 Å². The van der Waals surface area contributed by atoms with E-state index in [4.69, 9.17) is 9.47 Å². The van der Waals surface area contributed by atoms with Crippen LogP contribution in [0.3, 0.4) is 0 Å². The van der Waals surface area contributed by atoms with Gasteiger partial charge in [-0.05, 0) is 13.5 Å². The summed E-state index contributed by atoms with van der Waals surface area (Å²) in [7, 11) is 4.93. The minimum Gasteiger partial charge on any atom is -0.497 e. The van der Waals surface area contributed by atoms with Gasteiger partial charge in [0.05, 0.1) is 14.2 Å². The first-order chi connectivity index (χ1) is 10.1. The highest BCUT2D eigenvalue weighted by molar-refractivity contribution is 5.74. The summed E-state index contributed by atoms with van der Waals surface area (Å²) in [5.74, 6) is 0.754. The van der Waals surface area contributed by atoms with Crippen LogP contribution in [0, 0.1) is 5.92 Å². The van der Waals surface area contributed by atoms with Crippen molar-refractivity contribution in [3.05, 3.63) is 18.2 Å². The predicted octanol–water partition coefficient (Wildman–Crippen LogP) is 1.20. The Morgan fingerprint density at radius 3 is 2.43 bits per heavy atom. The number of anilines is 1. The average Bonchev–Trinajstić information content (AvgIpc) is 2.96. The van der Waals surface area contributed by atoms with Crippen LogP contribution in [0.25, 0.3) is 0 Å². The van der Waals surface area contributed by atoms with Crippen molar-refractivity contribution in [1.82, 2.24) is 5.32 Å². The summed E-state index contributed by atoms with van der Waals surface area (Å²) in [5.41, 5.74) is 0.994. The maximum Gasteiger partial charge on any atom is 0.321 e. The Morgan fingerprint density at radius 2 is 1.95 bits per heavy atom. The Labute approximate surface area is 124 Å². The van der Waals surface area contributed by atoms with Gasteiger partial charge < -0.3 is 24.8 Å². The second kappa shape index (κ2) is 6.67. The number of benzene rings is 1. The highest BCUT2D eigenvalue weighted by Crippen LogP contribution is 2.32. The molecular weight excluding hydrogens is 272 g/mol. The van der Waals surface area contributed by atoms with Crippen LogP contribution in [0.1, 0.15) is 6.42 Å². The molecule has 2 N–H and O–H groups in total. The SMILES string of the molecule is CNC(C(=O)O)C1CCN(c2cc(OC)cc(OC)c2)C1. The number of hydrogen-bond acceptors (Lipinski definition) is 5. The Bertz CT molecular complexity index is 484. The van der Waals surface area contributed by atoms with Gasteiger partial charge >= 0.3 is 5.97 Å². The molecule has 1 aromatic rings. The summed E-state index contributed by atoms with van der Waals surface area (Å²) in [5, 5.41) is 12.1. The smallest absolute Gasteiger partial charge is 0.321 e. The van der Waals surface area contributed by atoms with E-state index in [9.17, 15) is 9.90 Å². The largest absolute Gasteiger partial charge is 0.497 e. The molecule has 2 rings (SSSR count). The summed E-state index contributed by atoms with van der Waals surface area (Å²) in [6, 6.07) is 5.20. The molecular formula is C15H22N2O4. The summed E-state index contributed by atoms with van der Waals surface area (Å²) >= 11 is 0. The highest BCUT2D eigenvalue weighted by Gasteiger charge is 2.33. The van der Waals surface area contributed by atoms with Gasteiger partial charge in [0, 0.05) is 42.9 Å². The lowest BCUT2D eigenvalue weighted by molar-refractivity contribution is -0.140.